The van der Waals surface area contributed by atoms with E-state index in [2.05, 4.69) is 10.3 Å². The maximum atomic E-state index is 14.9. The van der Waals surface area contributed by atoms with E-state index < -0.39 is 34.4 Å². The fraction of sp³-hybridized carbons (Fsp3) is 0.292. The molecule has 2 aliphatic rings. The van der Waals surface area contributed by atoms with Crippen molar-refractivity contribution in [3.63, 3.8) is 0 Å². The van der Waals surface area contributed by atoms with E-state index in [0.29, 0.717) is 10.2 Å². The average molecular weight is 472 g/mol. The van der Waals surface area contributed by atoms with Crippen LogP contribution in [-0.4, -0.2) is 28.4 Å². The number of fused-ring (bicyclic) bond motifs is 1. The number of halogens is 3. The number of hydrogen-bond acceptors (Lipinski definition) is 5. The number of para-hydroxylation sites is 2. The minimum absolute atomic E-state index is 0.0683. The Morgan fingerprint density at radius 3 is 2.33 bits per heavy atom. The maximum absolute atomic E-state index is 14.9. The lowest BCUT2D eigenvalue weighted by Crippen LogP contribution is -2.61. The molecule has 0 bridgehead atoms. The predicted molar refractivity (Wildman–Crippen MR) is 121 cm³/mol. The minimum Gasteiger partial charge on any atom is -0.336 e. The van der Waals surface area contributed by atoms with Crippen molar-refractivity contribution in [2.24, 2.45) is 5.41 Å². The van der Waals surface area contributed by atoms with Crippen LogP contribution in [0.1, 0.15) is 26.7 Å². The number of thiazole rings is 1. The molecule has 1 N–H and O–H groups in total. The number of rotatable bonds is 3. The van der Waals surface area contributed by atoms with Gasteiger partial charge in [0.25, 0.3) is 5.91 Å². The number of nitrogens with zero attached hydrogens (tertiary/aromatic N) is 2. The highest BCUT2D eigenvalue weighted by Gasteiger charge is 2.71. The van der Waals surface area contributed by atoms with E-state index in [1.54, 1.807) is 54.6 Å². The Kier molecular flexibility index (Phi) is 4.69. The zero-order valence-corrected chi connectivity index (χ0v) is 18.7. The summed E-state index contributed by atoms with van der Waals surface area (Å²) >= 11 is 1.01. The zero-order chi connectivity index (χ0) is 23.6. The fourth-order valence-corrected chi connectivity index (χ4v) is 5.61. The average Bonchev–Trinajstić information content (AvgIpc) is 3.24. The first-order valence-corrected chi connectivity index (χ1v) is 11.2. The highest BCUT2D eigenvalue weighted by molar-refractivity contribution is 7.22. The number of anilines is 2. The van der Waals surface area contributed by atoms with Crippen LogP contribution in [0.2, 0.25) is 0 Å². The molecule has 9 heteroatoms. The van der Waals surface area contributed by atoms with Crippen LogP contribution >= 0.6 is 11.3 Å². The molecule has 2 aromatic carbocycles. The molecule has 0 saturated heterocycles. The number of nitrogens with one attached hydrogen (secondary N) is 1. The Labute approximate surface area is 191 Å². The van der Waals surface area contributed by atoms with Crippen molar-refractivity contribution in [3.05, 3.63) is 65.9 Å². The topological polar surface area (TPSA) is 62.3 Å². The molecular weight excluding hydrogens is 451 g/mol. The van der Waals surface area contributed by atoms with Crippen LogP contribution in [0.3, 0.4) is 0 Å². The lowest BCUT2D eigenvalue weighted by Gasteiger charge is -2.35. The van der Waals surface area contributed by atoms with Gasteiger partial charge in [-0.2, -0.15) is 13.2 Å². The molecule has 3 aromatic rings. The van der Waals surface area contributed by atoms with Crippen LogP contribution in [0.25, 0.3) is 10.2 Å². The van der Waals surface area contributed by atoms with Gasteiger partial charge in [-0.1, -0.05) is 55.5 Å². The summed E-state index contributed by atoms with van der Waals surface area (Å²) in [6.45, 7) is 3.63. The number of alkyl halides is 3. The van der Waals surface area contributed by atoms with Gasteiger partial charge in [0.2, 0.25) is 5.54 Å². The normalized spacial score (nSPS) is 22.8. The molecule has 170 valence electrons. The van der Waals surface area contributed by atoms with Gasteiger partial charge in [0.1, 0.15) is 0 Å². The van der Waals surface area contributed by atoms with Gasteiger partial charge in [-0.15, -0.1) is 0 Å². The fourth-order valence-electron chi connectivity index (χ4n) is 4.69. The van der Waals surface area contributed by atoms with Crippen molar-refractivity contribution < 1.29 is 22.8 Å². The van der Waals surface area contributed by atoms with Crippen molar-refractivity contribution in [2.75, 3.05) is 10.2 Å². The molecule has 1 aliphatic heterocycles. The van der Waals surface area contributed by atoms with Crippen molar-refractivity contribution in [1.29, 1.82) is 0 Å². The maximum Gasteiger partial charge on any atom is 0.425 e. The molecule has 5 nitrogen and oxygen atoms in total. The largest absolute Gasteiger partial charge is 0.425 e. The smallest absolute Gasteiger partial charge is 0.336 e. The lowest BCUT2D eigenvalue weighted by molar-refractivity contribution is -0.175. The number of carbonyl (C=O) groups is 2. The Hall–Kier alpha value is -3.20. The molecule has 5 rings (SSSR count). The molecule has 2 heterocycles. The number of aromatic nitrogens is 1. The molecule has 1 aliphatic carbocycles. The van der Waals surface area contributed by atoms with Crippen LogP contribution in [0.15, 0.2) is 65.9 Å². The molecule has 1 atom stereocenters. The van der Waals surface area contributed by atoms with E-state index in [1.165, 1.54) is 0 Å². The first-order valence-electron chi connectivity index (χ1n) is 10.4. The van der Waals surface area contributed by atoms with E-state index >= 15 is 0 Å². The first-order chi connectivity index (χ1) is 15.5. The van der Waals surface area contributed by atoms with Crippen LogP contribution in [-0.2, 0) is 9.59 Å². The van der Waals surface area contributed by atoms with Gasteiger partial charge in [-0.05, 0) is 36.1 Å². The van der Waals surface area contributed by atoms with E-state index in [0.717, 1.165) is 16.2 Å². The molecular formula is C24H20F3N3O2S. The quantitative estimate of drug-likeness (QED) is 0.532. The second-order valence-corrected chi connectivity index (χ2v) is 10.1. The summed E-state index contributed by atoms with van der Waals surface area (Å²) in [6.07, 6.45) is -5.00. The molecule has 0 fully saturated rings. The minimum atomic E-state index is -5.08. The lowest BCUT2D eigenvalue weighted by atomic mass is 9.72. The van der Waals surface area contributed by atoms with Crippen molar-refractivity contribution in [2.45, 2.75) is 38.4 Å². The van der Waals surface area contributed by atoms with E-state index in [-0.39, 0.29) is 29.4 Å². The summed E-state index contributed by atoms with van der Waals surface area (Å²) in [6, 6.07) is 15.1. The van der Waals surface area contributed by atoms with Crippen LogP contribution in [0.4, 0.5) is 24.0 Å². The summed E-state index contributed by atoms with van der Waals surface area (Å²) in [7, 11) is 0. The van der Waals surface area contributed by atoms with Gasteiger partial charge < -0.3 is 5.32 Å². The third-order valence-electron chi connectivity index (χ3n) is 6.05. The van der Waals surface area contributed by atoms with Gasteiger partial charge in [0.05, 0.1) is 15.8 Å². The second-order valence-electron chi connectivity index (χ2n) is 9.10. The number of hydrogen-bond donors (Lipinski definition) is 1. The number of allylic oxidation sites excluding steroid dienone is 1. The SMILES string of the molecule is CC1(C)CC(=O)C2=C(C1)N(c1ccccc1)C(=O)C2(Nc1nc2ccccc2s1)C(F)(F)F. The molecule has 1 amide bonds. The summed E-state index contributed by atoms with van der Waals surface area (Å²) in [5, 5.41) is 2.33. The molecule has 0 saturated carbocycles. The number of Topliss-reactive ketones (excluding diaryl/α,β-unsaturated/α-hetero) is 1. The van der Waals surface area contributed by atoms with Crippen LogP contribution < -0.4 is 10.2 Å². The summed E-state index contributed by atoms with van der Waals surface area (Å²) in [4.78, 5) is 32.3. The Balaban J connectivity index is 1.75. The van der Waals surface area contributed by atoms with Crippen molar-refractivity contribution >= 4 is 44.1 Å². The van der Waals surface area contributed by atoms with Crippen LogP contribution in [0, 0.1) is 5.41 Å². The van der Waals surface area contributed by atoms with Gasteiger partial charge in [0.15, 0.2) is 10.9 Å². The zero-order valence-electron chi connectivity index (χ0n) is 17.9. The number of ketones is 1. The van der Waals surface area contributed by atoms with Crippen LogP contribution in [0.5, 0.6) is 0 Å². The Morgan fingerprint density at radius 2 is 1.67 bits per heavy atom. The number of carbonyl (C=O) groups excluding carboxylic acids is 2. The predicted octanol–water partition coefficient (Wildman–Crippen LogP) is 5.70. The monoisotopic (exact) mass is 471 g/mol. The van der Waals surface area contributed by atoms with Gasteiger partial charge >= 0.3 is 6.18 Å². The van der Waals surface area contributed by atoms with Crippen molar-refractivity contribution in [1.82, 2.24) is 4.98 Å². The number of benzene rings is 2. The highest BCUT2D eigenvalue weighted by atomic mass is 32.1. The van der Waals surface area contributed by atoms with E-state index in [9.17, 15) is 22.8 Å². The first kappa shape index (κ1) is 21.6. The van der Waals surface area contributed by atoms with Gasteiger partial charge in [-0.25, -0.2) is 4.98 Å². The summed E-state index contributed by atoms with van der Waals surface area (Å²) < 4.78 is 45.4. The molecule has 0 radical (unpaired) electrons. The van der Waals surface area contributed by atoms with Gasteiger partial charge in [-0.3, -0.25) is 14.5 Å². The van der Waals surface area contributed by atoms with E-state index in [4.69, 9.17) is 0 Å². The molecule has 33 heavy (non-hydrogen) atoms. The number of amides is 1. The molecule has 1 unspecified atom stereocenters. The Bertz CT molecular complexity index is 1280. The summed E-state index contributed by atoms with van der Waals surface area (Å²) in [5.41, 5.74) is -3.42. The van der Waals surface area contributed by atoms with Gasteiger partial charge in [0, 0.05) is 17.8 Å². The molecule has 1 aromatic heterocycles. The second kappa shape index (κ2) is 7.15. The standard InChI is InChI=1S/C24H20F3N3O2S/c1-22(2)12-16-19(17(31)13-22)23(24(25,26)27,20(32)30(16)14-8-4-3-5-9-14)29-21-28-15-10-6-7-11-18(15)33-21/h3-11H,12-13H2,1-2H3,(H,28,29). The third kappa shape index (κ3) is 3.25. The third-order valence-corrected chi connectivity index (χ3v) is 7.00. The van der Waals surface area contributed by atoms with Crippen molar-refractivity contribution in [3.8, 4) is 0 Å². The Morgan fingerprint density at radius 1 is 1.00 bits per heavy atom. The van der Waals surface area contributed by atoms with E-state index in [1.807, 2.05) is 13.8 Å². The summed E-state index contributed by atoms with van der Waals surface area (Å²) in [5.74, 6) is -1.92. The molecule has 0 spiro atoms. The highest BCUT2D eigenvalue weighted by Crippen LogP contribution is 2.54.